The summed E-state index contributed by atoms with van der Waals surface area (Å²) in [7, 11) is 0.767. The number of hydrogen-bond acceptors (Lipinski definition) is 2. The van der Waals surface area contributed by atoms with Crippen LogP contribution in [-0.4, -0.2) is 12.7 Å². The first kappa shape index (κ1) is 6.51. The van der Waals surface area contributed by atoms with Crippen LogP contribution in [0.1, 0.15) is 0 Å². The van der Waals surface area contributed by atoms with Crippen LogP contribution in [0.2, 0.25) is 0 Å². The van der Waals surface area contributed by atoms with Crippen LogP contribution in [0, 0.1) is 0 Å². The van der Waals surface area contributed by atoms with Gasteiger partial charge in [0.25, 0.3) is 0 Å². The van der Waals surface area contributed by atoms with Crippen LogP contribution in [0.5, 0.6) is 0 Å². The molecule has 0 saturated heterocycles. The molecule has 0 radical (unpaired) electrons. The maximum Gasteiger partial charge on any atom is 0.0656 e. The van der Waals surface area contributed by atoms with Crippen LogP contribution >= 0.6 is 25.7 Å². The van der Waals surface area contributed by atoms with Gasteiger partial charge in [-0.3, -0.25) is 0 Å². The zero-order chi connectivity index (χ0) is 3.54. The van der Waals surface area contributed by atoms with Crippen LogP contribution in [0.25, 0.3) is 0 Å². The zero-order valence-corrected chi connectivity index (χ0v) is 5.93. The Hall–Kier alpha value is 0.510. The number of rotatable bonds is 0. The van der Waals surface area contributed by atoms with E-state index >= 15 is 0 Å². The lowest BCUT2D eigenvalue weighted by Crippen LogP contribution is -1.67. The summed E-state index contributed by atoms with van der Waals surface area (Å²) in [5, 5.41) is 3.72. The van der Waals surface area contributed by atoms with E-state index in [2.05, 4.69) is 10.00 Å². The molecule has 0 N–H and O–H groups in total. The van der Waals surface area contributed by atoms with Crippen molar-refractivity contribution in [3.05, 3.63) is 0 Å². The van der Waals surface area contributed by atoms with E-state index < -0.39 is 0 Å². The van der Waals surface area contributed by atoms with E-state index in [1.165, 1.54) is 6.16 Å². The van der Waals surface area contributed by atoms with Gasteiger partial charge >= 0.3 is 0 Å². The van der Waals surface area contributed by atoms with Gasteiger partial charge in [-0.25, -0.2) is 0 Å². The lowest BCUT2D eigenvalue weighted by molar-refractivity contribution is 1.10. The fraction of sp³-hybridized carbons (Fsp3) is 1.00. The van der Waals surface area contributed by atoms with Gasteiger partial charge in [0.15, 0.2) is 0 Å². The van der Waals surface area contributed by atoms with Crippen LogP contribution in [0.4, 0.5) is 0 Å². The van der Waals surface area contributed by atoms with Gasteiger partial charge in [0, 0.05) is 14.9 Å². The van der Waals surface area contributed by atoms with Crippen LogP contribution in [0.15, 0.2) is 10.00 Å². The Morgan fingerprint density at radius 1 is 1.50 bits per heavy atom. The van der Waals surface area contributed by atoms with Crippen molar-refractivity contribution in [1.82, 2.24) is 0 Å². The van der Waals surface area contributed by atoms with Crippen molar-refractivity contribution in [2.75, 3.05) is 12.7 Å². The van der Waals surface area contributed by atoms with E-state index in [9.17, 15) is 0 Å². The standard InChI is InChI=1S/C2H5N2P.BrH/c1-2-5-4-3-1;/h5H,1-2H2;1H. The molecule has 1 aliphatic heterocycles. The van der Waals surface area contributed by atoms with Crippen LogP contribution < -0.4 is 0 Å². The Morgan fingerprint density at radius 2 is 2.33 bits per heavy atom. The highest BCUT2D eigenvalue weighted by Gasteiger charge is 1.87. The average molecular weight is 169 g/mol. The molecule has 0 aromatic rings. The first-order valence-corrected chi connectivity index (χ1v) is 2.75. The van der Waals surface area contributed by atoms with E-state index in [1.807, 2.05) is 0 Å². The summed E-state index contributed by atoms with van der Waals surface area (Å²) in [4.78, 5) is 3.74. The molecule has 0 spiro atoms. The Bertz CT molecular complexity index is 49.5. The number of halogens is 1. The van der Waals surface area contributed by atoms with Crippen LogP contribution in [0.3, 0.4) is 0 Å². The number of hydrogen-bond donors (Lipinski definition) is 0. The second-order valence-electron chi connectivity index (χ2n) is 0.873. The maximum absolute atomic E-state index is 3.74. The molecule has 0 aromatic carbocycles. The smallest absolute Gasteiger partial charge is 0.0656 e. The molecule has 2 nitrogen and oxygen atoms in total. The molecule has 1 unspecified atom stereocenters. The van der Waals surface area contributed by atoms with Crippen molar-refractivity contribution in [3.63, 3.8) is 0 Å². The molecule has 0 bridgehead atoms. The monoisotopic (exact) mass is 168 g/mol. The zero-order valence-electron chi connectivity index (χ0n) is 3.22. The second kappa shape index (κ2) is 3.69. The minimum Gasteiger partial charge on any atom is -0.190 e. The maximum atomic E-state index is 3.74. The quantitative estimate of drug-likeness (QED) is 0.492. The summed E-state index contributed by atoms with van der Waals surface area (Å²) in [6.07, 6.45) is 1.19. The SMILES string of the molecule is Br.C1CPN=N1. The van der Waals surface area contributed by atoms with Crippen molar-refractivity contribution in [2.24, 2.45) is 10.00 Å². The molecular weight excluding hydrogens is 163 g/mol. The lowest BCUT2D eigenvalue weighted by atomic mass is 10.8. The fourth-order valence-electron chi connectivity index (χ4n) is 0.250. The largest absolute Gasteiger partial charge is 0.190 e. The van der Waals surface area contributed by atoms with Crippen molar-refractivity contribution >= 4 is 25.7 Å². The first-order valence-electron chi connectivity index (χ1n) is 1.59. The molecule has 4 heteroatoms. The molecule has 1 atom stereocenters. The molecular formula is C2H6BrN2P. The Kier molecular flexibility index (Phi) is 4.01. The topological polar surface area (TPSA) is 24.7 Å². The molecule has 0 fully saturated rings. The van der Waals surface area contributed by atoms with Gasteiger partial charge in [0.2, 0.25) is 0 Å². The van der Waals surface area contributed by atoms with Crippen molar-refractivity contribution in [1.29, 1.82) is 0 Å². The van der Waals surface area contributed by atoms with Gasteiger partial charge in [-0.15, -0.1) is 17.0 Å². The van der Waals surface area contributed by atoms with E-state index in [-0.39, 0.29) is 17.0 Å². The van der Waals surface area contributed by atoms with Gasteiger partial charge in [-0.05, 0) is 0 Å². The normalized spacial score (nSPS) is 21.3. The molecule has 36 valence electrons. The summed E-state index contributed by atoms with van der Waals surface area (Å²) in [5.41, 5.74) is 0. The molecule has 0 aliphatic carbocycles. The van der Waals surface area contributed by atoms with Gasteiger partial charge in [-0.2, -0.15) is 10.00 Å². The van der Waals surface area contributed by atoms with E-state index in [0.29, 0.717) is 0 Å². The summed E-state index contributed by atoms with van der Waals surface area (Å²) in [6, 6.07) is 0. The predicted octanol–water partition coefficient (Wildman–Crippen LogP) is 1.62. The highest BCUT2D eigenvalue weighted by atomic mass is 79.9. The molecule has 0 aromatic heterocycles. The molecule has 1 aliphatic rings. The lowest BCUT2D eigenvalue weighted by Gasteiger charge is -1.63. The first-order chi connectivity index (χ1) is 2.50. The van der Waals surface area contributed by atoms with Gasteiger partial charge in [0.05, 0.1) is 6.54 Å². The Balaban J connectivity index is 0.000000250. The van der Waals surface area contributed by atoms with E-state index in [1.54, 1.807) is 0 Å². The molecule has 1 heterocycles. The third-order valence-electron chi connectivity index (χ3n) is 0.465. The van der Waals surface area contributed by atoms with E-state index in [4.69, 9.17) is 0 Å². The van der Waals surface area contributed by atoms with Gasteiger partial charge in [-0.1, -0.05) is 0 Å². The molecule has 1 rings (SSSR count). The highest BCUT2D eigenvalue weighted by Crippen LogP contribution is 2.16. The third-order valence-corrected chi connectivity index (χ3v) is 1.20. The number of nitrogens with zero attached hydrogens (tertiary/aromatic N) is 2. The third kappa shape index (κ3) is 1.83. The molecule has 0 saturated carbocycles. The summed E-state index contributed by atoms with van der Waals surface area (Å²) in [5.74, 6) is 0. The summed E-state index contributed by atoms with van der Waals surface area (Å²) in [6.45, 7) is 0.971. The molecule has 6 heavy (non-hydrogen) atoms. The van der Waals surface area contributed by atoms with Crippen molar-refractivity contribution in [3.8, 4) is 0 Å². The highest BCUT2D eigenvalue weighted by molar-refractivity contribution is 8.93. The fourth-order valence-corrected chi connectivity index (χ4v) is 0.750. The molecule has 0 amide bonds. The predicted molar refractivity (Wildman–Crippen MR) is 33.2 cm³/mol. The van der Waals surface area contributed by atoms with E-state index in [0.717, 1.165) is 15.3 Å². The summed E-state index contributed by atoms with van der Waals surface area (Å²) < 4.78 is 0. The Labute approximate surface area is 49.0 Å². The van der Waals surface area contributed by atoms with Gasteiger partial charge < -0.3 is 0 Å². The van der Waals surface area contributed by atoms with Crippen molar-refractivity contribution < 1.29 is 0 Å². The van der Waals surface area contributed by atoms with Crippen LogP contribution in [-0.2, 0) is 0 Å². The second-order valence-corrected chi connectivity index (χ2v) is 1.89. The Morgan fingerprint density at radius 3 is 2.50 bits per heavy atom. The average Bonchev–Trinajstić information content (AvgIpc) is 1.76. The minimum absolute atomic E-state index is 0. The summed E-state index contributed by atoms with van der Waals surface area (Å²) >= 11 is 0. The minimum atomic E-state index is 0. The van der Waals surface area contributed by atoms with Gasteiger partial charge in [0.1, 0.15) is 0 Å². The van der Waals surface area contributed by atoms with Crippen molar-refractivity contribution in [2.45, 2.75) is 0 Å².